The summed E-state index contributed by atoms with van der Waals surface area (Å²) in [5.74, 6) is -0.446. The van der Waals surface area contributed by atoms with Gasteiger partial charge in [0.1, 0.15) is 0 Å². The summed E-state index contributed by atoms with van der Waals surface area (Å²) in [5.41, 5.74) is 1.56. The molecule has 0 aliphatic heterocycles. The van der Waals surface area contributed by atoms with Gasteiger partial charge in [0.2, 0.25) is 19.1 Å². The fourth-order valence-corrected chi connectivity index (χ4v) is 3.44. The van der Waals surface area contributed by atoms with Crippen LogP contribution >= 0.6 is 10.7 Å². The molecule has 0 saturated carbocycles. The van der Waals surface area contributed by atoms with Gasteiger partial charge in [-0.15, -0.1) is 0 Å². The number of benzene rings is 1. The predicted molar refractivity (Wildman–Crippen MR) is 70.7 cm³/mol. The zero-order chi connectivity index (χ0) is 14.0. The summed E-state index contributed by atoms with van der Waals surface area (Å²) in [7, 11) is -2.41. The number of halogens is 1. The number of hydrogen-bond donors (Lipinski definition) is 1. The molecule has 0 aliphatic carbocycles. The lowest BCUT2D eigenvalue weighted by atomic mass is 10.2. The van der Waals surface area contributed by atoms with E-state index in [2.05, 4.69) is 4.72 Å². The highest BCUT2D eigenvalue weighted by Gasteiger charge is 2.17. The minimum atomic E-state index is -3.70. The van der Waals surface area contributed by atoms with E-state index in [0.29, 0.717) is 5.56 Å². The SMILES string of the molecule is Cc1ccc(S(=O)(=O)NCCS(=O)(=O)Cl)c(C)c1. The number of hydrogen-bond acceptors (Lipinski definition) is 4. The van der Waals surface area contributed by atoms with Crippen molar-refractivity contribution in [1.29, 1.82) is 0 Å². The fourth-order valence-electron chi connectivity index (χ4n) is 1.48. The van der Waals surface area contributed by atoms with Crippen LogP contribution in [0.1, 0.15) is 11.1 Å². The molecule has 8 heteroatoms. The predicted octanol–water partition coefficient (Wildman–Crippen LogP) is 1.15. The molecule has 0 aromatic heterocycles. The van der Waals surface area contributed by atoms with Crippen molar-refractivity contribution in [3.63, 3.8) is 0 Å². The van der Waals surface area contributed by atoms with Crippen LogP contribution in [-0.2, 0) is 19.1 Å². The highest BCUT2D eigenvalue weighted by atomic mass is 35.7. The quantitative estimate of drug-likeness (QED) is 0.827. The number of sulfonamides is 1. The van der Waals surface area contributed by atoms with Gasteiger partial charge in [0.25, 0.3) is 0 Å². The Morgan fingerprint density at radius 1 is 1.17 bits per heavy atom. The first-order chi connectivity index (χ1) is 8.12. The highest BCUT2D eigenvalue weighted by Crippen LogP contribution is 2.16. The van der Waals surface area contributed by atoms with Gasteiger partial charge in [0.05, 0.1) is 10.6 Å². The van der Waals surface area contributed by atoms with Crippen molar-refractivity contribution in [3.8, 4) is 0 Å². The fraction of sp³-hybridized carbons (Fsp3) is 0.400. The molecule has 0 radical (unpaired) electrons. The minimum absolute atomic E-state index is 0.139. The van der Waals surface area contributed by atoms with E-state index in [0.717, 1.165) is 5.56 Å². The molecule has 1 aromatic carbocycles. The molecule has 5 nitrogen and oxygen atoms in total. The molecule has 0 heterocycles. The molecule has 0 fully saturated rings. The van der Waals surface area contributed by atoms with Gasteiger partial charge in [-0.25, -0.2) is 21.6 Å². The molecule has 0 unspecified atom stereocenters. The Balaban J connectivity index is 2.87. The van der Waals surface area contributed by atoms with Crippen LogP contribution in [0.5, 0.6) is 0 Å². The number of rotatable bonds is 5. The smallest absolute Gasteiger partial charge is 0.212 e. The average molecular weight is 312 g/mol. The van der Waals surface area contributed by atoms with E-state index in [4.69, 9.17) is 10.7 Å². The Kier molecular flexibility index (Phi) is 4.77. The Bertz CT molecular complexity index is 638. The second kappa shape index (κ2) is 5.56. The minimum Gasteiger partial charge on any atom is -0.212 e. The van der Waals surface area contributed by atoms with Crippen LogP contribution in [-0.4, -0.2) is 29.1 Å². The van der Waals surface area contributed by atoms with Crippen LogP contribution in [0.3, 0.4) is 0 Å². The van der Waals surface area contributed by atoms with E-state index >= 15 is 0 Å². The first-order valence-corrected chi connectivity index (χ1v) is 9.07. The largest absolute Gasteiger partial charge is 0.240 e. The monoisotopic (exact) mass is 311 g/mol. The highest BCUT2D eigenvalue weighted by molar-refractivity contribution is 8.13. The van der Waals surface area contributed by atoms with Gasteiger partial charge >= 0.3 is 0 Å². The maximum Gasteiger partial charge on any atom is 0.240 e. The summed E-state index contributed by atoms with van der Waals surface area (Å²) in [6.45, 7) is 3.29. The normalized spacial score (nSPS) is 12.6. The molecule has 1 aromatic rings. The van der Waals surface area contributed by atoms with E-state index in [1.54, 1.807) is 19.1 Å². The molecule has 0 spiro atoms. The first kappa shape index (κ1) is 15.4. The molecule has 0 bridgehead atoms. The van der Waals surface area contributed by atoms with E-state index in [1.165, 1.54) is 6.07 Å². The molecule has 0 saturated heterocycles. The van der Waals surface area contributed by atoms with Gasteiger partial charge in [0, 0.05) is 17.2 Å². The molecule has 1 N–H and O–H groups in total. The van der Waals surface area contributed by atoms with Gasteiger partial charge < -0.3 is 0 Å². The van der Waals surface area contributed by atoms with Crippen LogP contribution in [0.25, 0.3) is 0 Å². The Hall–Kier alpha value is -0.630. The zero-order valence-corrected chi connectivity index (χ0v) is 12.4. The van der Waals surface area contributed by atoms with Crippen LogP contribution in [0.4, 0.5) is 0 Å². The summed E-state index contributed by atoms with van der Waals surface area (Å²) < 4.78 is 47.4. The molecule has 18 heavy (non-hydrogen) atoms. The van der Waals surface area contributed by atoms with Gasteiger partial charge in [0.15, 0.2) is 0 Å². The Labute approximate surface area is 112 Å². The lowest BCUT2D eigenvalue weighted by Gasteiger charge is -2.09. The molecule has 0 aliphatic rings. The van der Waals surface area contributed by atoms with Crippen molar-refractivity contribution in [1.82, 2.24) is 4.72 Å². The molecular formula is C10H14ClNO4S2. The molecule has 102 valence electrons. The molecular weight excluding hydrogens is 298 g/mol. The third-order valence-electron chi connectivity index (χ3n) is 2.26. The maximum atomic E-state index is 11.9. The standard InChI is InChI=1S/C10H14ClNO4S2/c1-8-3-4-10(9(2)7-8)18(15,16)12-5-6-17(11,13)14/h3-4,7,12H,5-6H2,1-2H3. The Morgan fingerprint density at radius 2 is 1.78 bits per heavy atom. The second-order valence-corrected chi connectivity index (χ2v) is 8.54. The lowest BCUT2D eigenvalue weighted by molar-refractivity contribution is 0.582. The van der Waals surface area contributed by atoms with Crippen molar-refractivity contribution < 1.29 is 16.8 Å². The Morgan fingerprint density at radius 3 is 2.28 bits per heavy atom. The van der Waals surface area contributed by atoms with Crippen LogP contribution in [0.2, 0.25) is 0 Å². The van der Waals surface area contributed by atoms with Crippen LogP contribution in [0.15, 0.2) is 23.1 Å². The van der Waals surface area contributed by atoms with E-state index < -0.39 is 24.8 Å². The maximum absolute atomic E-state index is 11.9. The lowest BCUT2D eigenvalue weighted by Crippen LogP contribution is -2.28. The van der Waals surface area contributed by atoms with Gasteiger partial charge in [-0.05, 0) is 25.5 Å². The van der Waals surface area contributed by atoms with Gasteiger partial charge in [-0.2, -0.15) is 0 Å². The number of aryl methyl sites for hydroxylation is 2. The van der Waals surface area contributed by atoms with Crippen LogP contribution in [0, 0.1) is 13.8 Å². The summed E-state index contributed by atoms with van der Waals surface area (Å²) in [6, 6.07) is 4.91. The topological polar surface area (TPSA) is 80.3 Å². The van der Waals surface area contributed by atoms with Crippen molar-refractivity contribution in [2.75, 3.05) is 12.3 Å². The summed E-state index contributed by atoms with van der Waals surface area (Å²) in [6.07, 6.45) is 0. The van der Waals surface area contributed by atoms with Crippen molar-refractivity contribution in [2.24, 2.45) is 0 Å². The molecule has 1 rings (SSSR count). The second-order valence-electron chi connectivity index (χ2n) is 3.91. The third-order valence-corrected chi connectivity index (χ3v) is 5.03. The van der Waals surface area contributed by atoms with Crippen molar-refractivity contribution >= 4 is 29.8 Å². The number of nitrogens with one attached hydrogen (secondary N) is 1. The first-order valence-electron chi connectivity index (χ1n) is 5.11. The van der Waals surface area contributed by atoms with E-state index in [-0.39, 0.29) is 11.4 Å². The average Bonchev–Trinajstić information content (AvgIpc) is 2.13. The summed E-state index contributed by atoms with van der Waals surface area (Å²) in [4.78, 5) is 0.139. The molecule has 0 amide bonds. The zero-order valence-electron chi connectivity index (χ0n) is 9.97. The van der Waals surface area contributed by atoms with E-state index in [1.807, 2.05) is 6.92 Å². The van der Waals surface area contributed by atoms with Gasteiger partial charge in [-0.3, -0.25) is 0 Å². The summed E-state index contributed by atoms with van der Waals surface area (Å²) >= 11 is 0. The van der Waals surface area contributed by atoms with Crippen molar-refractivity contribution in [2.45, 2.75) is 18.7 Å². The molecule has 0 atom stereocenters. The summed E-state index contributed by atoms with van der Waals surface area (Å²) in [5, 5.41) is 0. The van der Waals surface area contributed by atoms with Gasteiger partial charge in [-0.1, -0.05) is 17.7 Å². The van der Waals surface area contributed by atoms with Crippen molar-refractivity contribution in [3.05, 3.63) is 29.3 Å². The van der Waals surface area contributed by atoms with E-state index in [9.17, 15) is 16.8 Å². The third kappa shape index (κ3) is 4.56. The van der Waals surface area contributed by atoms with Crippen LogP contribution < -0.4 is 4.72 Å².